The second-order valence-corrected chi connectivity index (χ2v) is 12.5. The largest absolute Gasteiger partial charge is 0.508 e. The molecule has 2 rings (SSSR count). The lowest BCUT2D eigenvalue weighted by atomic mass is 10.0. The number of phenolic OH excluding ortho intramolecular Hbond substituents is 1. The van der Waals surface area contributed by atoms with Gasteiger partial charge in [0.05, 0.1) is 6.33 Å². The third kappa shape index (κ3) is 13.3. The molecule has 0 aliphatic carbocycles. The van der Waals surface area contributed by atoms with E-state index in [0.29, 0.717) is 11.3 Å². The van der Waals surface area contributed by atoms with Gasteiger partial charge in [-0.3, -0.25) is 33.6 Å². The standard InChI is InChI=1S/C31H45N9O8S2/c1-15(2)25(31(48)39-24(13-50)30(47)37-21(26(32)43)9-18-5-7-20(42)8-6-18)40-27(44)16(3)35-28(45)22(10-19-11-33-14-34-19)38-29(46)23(12-49)36-17(4)41/h5-8,11,14-16,21-25,42,49-50H,9-10,12-13H2,1-4H3,(H2,32,43)(H,33,34)(H,35,45)(H,36,41)(H,37,47)(H,38,46)(H,39,48)(H,40,44)/t16-,21-,22-,23-,24-,25-/m0/s1. The van der Waals surface area contributed by atoms with Crippen LogP contribution in [0.3, 0.4) is 0 Å². The summed E-state index contributed by atoms with van der Waals surface area (Å²) < 4.78 is 0. The number of benzene rings is 1. The number of nitrogens with zero attached hydrogens (tertiary/aromatic N) is 1. The van der Waals surface area contributed by atoms with Crippen LogP contribution in [0, 0.1) is 5.92 Å². The molecule has 0 unspecified atom stereocenters. The Morgan fingerprint density at radius 3 is 1.78 bits per heavy atom. The molecule has 17 nitrogen and oxygen atoms in total. The molecule has 50 heavy (non-hydrogen) atoms. The highest BCUT2D eigenvalue weighted by molar-refractivity contribution is 7.80. The van der Waals surface area contributed by atoms with E-state index in [2.05, 4.69) is 67.1 Å². The lowest BCUT2D eigenvalue weighted by Gasteiger charge is -2.27. The first-order valence-electron chi connectivity index (χ1n) is 15.6. The van der Waals surface area contributed by atoms with Gasteiger partial charge in [0.25, 0.3) is 0 Å². The lowest BCUT2D eigenvalue weighted by molar-refractivity contribution is -0.135. The number of primary amides is 1. The second-order valence-electron chi connectivity index (χ2n) is 11.8. The molecule has 0 saturated carbocycles. The topological polar surface area (TPSA) is 267 Å². The molecule has 2 aromatic rings. The summed E-state index contributed by atoms with van der Waals surface area (Å²) in [7, 11) is 0. The van der Waals surface area contributed by atoms with E-state index >= 15 is 0 Å². The molecule has 19 heteroatoms. The predicted octanol–water partition coefficient (Wildman–Crippen LogP) is -2.15. The zero-order valence-corrected chi connectivity index (χ0v) is 29.8. The van der Waals surface area contributed by atoms with Crippen LogP contribution in [0.15, 0.2) is 36.8 Å². The molecule has 10 N–H and O–H groups in total. The van der Waals surface area contributed by atoms with Crippen LogP contribution in [-0.2, 0) is 46.4 Å². The fraction of sp³-hybridized carbons (Fsp3) is 0.484. The fourth-order valence-electron chi connectivity index (χ4n) is 4.55. The molecule has 0 spiro atoms. The molecule has 7 amide bonds. The van der Waals surface area contributed by atoms with Crippen LogP contribution in [0.1, 0.15) is 39.0 Å². The number of imidazole rings is 1. The van der Waals surface area contributed by atoms with Crippen molar-refractivity contribution < 1.29 is 38.7 Å². The minimum Gasteiger partial charge on any atom is -0.508 e. The van der Waals surface area contributed by atoms with E-state index in [1.165, 1.54) is 38.5 Å². The molecule has 0 saturated heterocycles. The van der Waals surface area contributed by atoms with Crippen LogP contribution in [0.25, 0.3) is 0 Å². The van der Waals surface area contributed by atoms with Gasteiger partial charge < -0.3 is 47.7 Å². The summed E-state index contributed by atoms with van der Waals surface area (Å²) >= 11 is 8.26. The molecule has 0 aliphatic heterocycles. The Hall–Kier alpha value is -4.78. The highest BCUT2D eigenvalue weighted by Crippen LogP contribution is 2.12. The average Bonchev–Trinajstić information content (AvgIpc) is 3.57. The maximum Gasteiger partial charge on any atom is 0.244 e. The summed E-state index contributed by atoms with van der Waals surface area (Å²) in [6.45, 7) is 5.94. The number of nitrogens with one attached hydrogen (secondary N) is 7. The average molecular weight is 736 g/mol. The van der Waals surface area contributed by atoms with Gasteiger partial charge in [0.1, 0.15) is 42.0 Å². The Kier molecular flexibility index (Phi) is 16.6. The SMILES string of the molecule is CC(=O)N[C@@H](CS)C(=O)N[C@@H](Cc1cnc[nH]1)C(=O)N[C@@H](C)C(=O)N[C@H](C(=O)N[C@@H](CS)C(=O)N[C@@H](Cc1ccc(O)cc1)C(N)=O)C(C)C. The number of amides is 7. The van der Waals surface area contributed by atoms with E-state index in [-0.39, 0.29) is 30.1 Å². The van der Waals surface area contributed by atoms with Gasteiger partial charge in [-0.2, -0.15) is 25.3 Å². The van der Waals surface area contributed by atoms with Crippen molar-refractivity contribution >= 4 is 66.6 Å². The first-order chi connectivity index (χ1) is 23.6. The zero-order valence-electron chi connectivity index (χ0n) is 28.1. The maximum atomic E-state index is 13.3. The number of hydrogen-bond donors (Lipinski definition) is 11. The van der Waals surface area contributed by atoms with Crippen LogP contribution in [0.4, 0.5) is 0 Å². The van der Waals surface area contributed by atoms with Crippen LogP contribution < -0.4 is 37.6 Å². The van der Waals surface area contributed by atoms with E-state index < -0.39 is 83.5 Å². The Morgan fingerprint density at radius 2 is 1.28 bits per heavy atom. The maximum absolute atomic E-state index is 13.3. The van der Waals surface area contributed by atoms with Crippen molar-refractivity contribution in [2.45, 2.75) is 76.8 Å². The number of aromatic nitrogens is 2. The molecular formula is C31H45N9O8S2. The number of carbonyl (C=O) groups is 7. The molecule has 0 aliphatic rings. The highest BCUT2D eigenvalue weighted by Gasteiger charge is 2.33. The molecule has 1 heterocycles. The zero-order chi connectivity index (χ0) is 37.5. The fourth-order valence-corrected chi connectivity index (χ4v) is 5.06. The quantitative estimate of drug-likeness (QED) is 0.0702. The molecule has 274 valence electrons. The van der Waals surface area contributed by atoms with Gasteiger partial charge in [-0.15, -0.1) is 0 Å². The van der Waals surface area contributed by atoms with E-state index in [4.69, 9.17) is 5.73 Å². The van der Waals surface area contributed by atoms with Gasteiger partial charge in [-0.05, 0) is 30.5 Å². The smallest absolute Gasteiger partial charge is 0.244 e. The molecule has 1 aromatic carbocycles. The third-order valence-electron chi connectivity index (χ3n) is 7.34. The molecule has 1 aromatic heterocycles. The number of aromatic amines is 1. The molecule has 0 fully saturated rings. The van der Waals surface area contributed by atoms with Crippen LogP contribution in [0.5, 0.6) is 5.75 Å². The molecule has 0 bridgehead atoms. The summed E-state index contributed by atoms with van der Waals surface area (Å²) in [6.07, 6.45) is 2.85. The number of nitrogens with two attached hydrogens (primary N) is 1. The van der Waals surface area contributed by atoms with Crippen molar-refractivity contribution in [3.8, 4) is 5.75 Å². The normalized spacial score (nSPS) is 14.5. The minimum absolute atomic E-state index is 0.0237. The summed E-state index contributed by atoms with van der Waals surface area (Å²) in [6, 6.07) is -0.926. The van der Waals surface area contributed by atoms with Crippen molar-refractivity contribution in [3.05, 3.63) is 48.0 Å². The van der Waals surface area contributed by atoms with Gasteiger partial charge in [-0.25, -0.2) is 4.98 Å². The molecule has 0 radical (unpaired) electrons. The van der Waals surface area contributed by atoms with Crippen molar-refractivity contribution in [1.29, 1.82) is 0 Å². The first kappa shape index (κ1) is 41.4. The minimum atomic E-state index is -1.21. The van der Waals surface area contributed by atoms with E-state index in [9.17, 15) is 38.7 Å². The monoisotopic (exact) mass is 735 g/mol. The van der Waals surface area contributed by atoms with Crippen LogP contribution in [-0.4, -0.2) is 104 Å². The number of thiol groups is 2. The Bertz CT molecular complexity index is 1490. The summed E-state index contributed by atoms with van der Waals surface area (Å²) in [5.41, 5.74) is 6.61. The van der Waals surface area contributed by atoms with Gasteiger partial charge in [-0.1, -0.05) is 26.0 Å². The predicted molar refractivity (Wildman–Crippen MR) is 189 cm³/mol. The van der Waals surface area contributed by atoms with Crippen LogP contribution in [0.2, 0.25) is 0 Å². The second kappa shape index (κ2) is 20.0. The Morgan fingerprint density at radius 1 is 0.740 bits per heavy atom. The number of aromatic hydroxyl groups is 1. The van der Waals surface area contributed by atoms with Crippen molar-refractivity contribution in [2.75, 3.05) is 11.5 Å². The summed E-state index contributed by atoms with van der Waals surface area (Å²) in [4.78, 5) is 96.1. The van der Waals surface area contributed by atoms with Gasteiger partial charge in [0.2, 0.25) is 41.4 Å². The van der Waals surface area contributed by atoms with Gasteiger partial charge in [0.15, 0.2) is 0 Å². The number of hydrogen-bond acceptors (Lipinski definition) is 11. The lowest BCUT2D eigenvalue weighted by Crippen LogP contribution is -2.60. The van der Waals surface area contributed by atoms with Crippen LogP contribution >= 0.6 is 25.3 Å². The van der Waals surface area contributed by atoms with Crippen molar-refractivity contribution in [3.63, 3.8) is 0 Å². The first-order valence-corrected chi connectivity index (χ1v) is 16.9. The van der Waals surface area contributed by atoms with E-state index in [1.807, 2.05) is 0 Å². The molecular weight excluding hydrogens is 691 g/mol. The Balaban J connectivity index is 2.09. The number of rotatable bonds is 19. The van der Waals surface area contributed by atoms with E-state index in [1.54, 1.807) is 26.0 Å². The number of phenols is 1. The van der Waals surface area contributed by atoms with Gasteiger partial charge in [0, 0.05) is 43.2 Å². The van der Waals surface area contributed by atoms with Crippen molar-refractivity contribution in [2.24, 2.45) is 11.7 Å². The van der Waals surface area contributed by atoms with E-state index in [0.717, 1.165) is 0 Å². The Labute approximate surface area is 300 Å². The van der Waals surface area contributed by atoms with Crippen molar-refractivity contribution in [1.82, 2.24) is 41.9 Å². The number of H-pyrrole nitrogens is 1. The third-order valence-corrected chi connectivity index (χ3v) is 8.07. The highest BCUT2D eigenvalue weighted by atomic mass is 32.1. The van der Waals surface area contributed by atoms with Gasteiger partial charge >= 0.3 is 0 Å². The summed E-state index contributed by atoms with van der Waals surface area (Å²) in [5, 5.41) is 24.7. The summed E-state index contributed by atoms with van der Waals surface area (Å²) in [5.74, 6) is -5.55. The number of carbonyl (C=O) groups excluding carboxylic acids is 7. The molecule has 6 atom stereocenters.